The molecule has 1 saturated heterocycles. The maximum Gasteiger partial charge on any atom is 0.0156 e. The van der Waals surface area contributed by atoms with E-state index in [0.29, 0.717) is 23.7 Å². The molecule has 2 nitrogen and oxygen atoms in total. The maximum atomic E-state index is 5.53. The molecular weight excluding hydrogens is 832 g/mol. The van der Waals surface area contributed by atoms with Gasteiger partial charge in [0.1, 0.15) is 0 Å². The molecule has 6 rings (SSSR count). The van der Waals surface area contributed by atoms with Crippen LogP contribution >= 0.6 is 27.3 Å². The Morgan fingerprint density at radius 2 is 0.875 bits per heavy atom. The molecule has 0 N–H and O–H groups in total. The van der Waals surface area contributed by atoms with E-state index in [1.807, 2.05) is 24.5 Å². The fraction of sp³-hybridized carbons (Fsp3) is 0.680. The Morgan fingerprint density at radius 1 is 0.571 bits per heavy atom. The Kier molecular flexibility index (Phi) is 21.0. The maximum absolute atomic E-state index is 5.53. The molecule has 0 unspecified atom stereocenters. The zero-order valence-corrected chi connectivity index (χ0v) is 41.5. The first-order valence-electron chi connectivity index (χ1n) is 22.8. The molecule has 0 atom stereocenters. The van der Waals surface area contributed by atoms with E-state index in [1.165, 1.54) is 56.2 Å². The molecule has 3 aliphatic carbocycles. The molecule has 1 aliphatic heterocycles. The first kappa shape index (κ1) is 48.0. The first-order chi connectivity index (χ1) is 26.8. The fourth-order valence-corrected chi connectivity index (χ4v) is 16.5. The van der Waals surface area contributed by atoms with Crippen LogP contribution in [0.5, 0.6) is 0 Å². The Hall–Kier alpha value is -0.717. The van der Waals surface area contributed by atoms with Crippen molar-refractivity contribution in [3.8, 4) is 0 Å². The van der Waals surface area contributed by atoms with Crippen molar-refractivity contribution in [2.45, 2.75) is 206 Å². The quantitative estimate of drug-likeness (QED) is 0.133. The van der Waals surface area contributed by atoms with Gasteiger partial charge >= 0.3 is 63.0 Å². The SMILES string of the molecule is C1CCC([PH+](C2CCCCC2)C2CCCCC2)CC1.CC(C)=C[CH]=[Ru]([Cl])[Cl].CC(C)c1cccc(C(C)C)c1N1[CH-]N(c2c(C(C)C)cccc2C(C)C)CC1. The van der Waals surface area contributed by atoms with Crippen molar-refractivity contribution in [3.63, 3.8) is 0 Å². The second kappa shape index (κ2) is 24.5. The third kappa shape index (κ3) is 14.2. The van der Waals surface area contributed by atoms with Gasteiger partial charge in [0.05, 0.1) is 17.0 Å². The van der Waals surface area contributed by atoms with Gasteiger partial charge in [-0.15, -0.1) is 0 Å². The summed E-state index contributed by atoms with van der Waals surface area (Å²) < 4.78 is 1.88. The zero-order chi connectivity index (χ0) is 40.8. The minimum atomic E-state index is -1.52. The van der Waals surface area contributed by atoms with Gasteiger partial charge in [0, 0.05) is 32.4 Å². The summed E-state index contributed by atoms with van der Waals surface area (Å²) >= 11 is -1.52. The second-order valence-electron chi connectivity index (χ2n) is 18.8. The average Bonchev–Trinajstić information content (AvgIpc) is 3.68. The third-order valence-electron chi connectivity index (χ3n) is 12.8. The number of benzene rings is 2. The molecule has 0 spiro atoms. The second-order valence-corrected chi connectivity index (χ2v) is 28.0. The van der Waals surface area contributed by atoms with E-state index in [-0.39, 0.29) is 7.92 Å². The van der Waals surface area contributed by atoms with Crippen LogP contribution in [0.1, 0.15) is 211 Å². The zero-order valence-electron chi connectivity index (χ0n) is 37.3. The van der Waals surface area contributed by atoms with Crippen LogP contribution in [0.3, 0.4) is 0 Å². The van der Waals surface area contributed by atoms with E-state index in [1.54, 1.807) is 96.3 Å². The van der Waals surface area contributed by atoms with Crippen LogP contribution in [0.2, 0.25) is 0 Å². The molecule has 0 radical (unpaired) electrons. The summed E-state index contributed by atoms with van der Waals surface area (Å²) in [5, 5.41) is 0. The standard InChI is InChI=1S/C27H39N2.C18H33P.C5H8.2ClH.Ru/c1-18(2)22-11-9-12-23(19(3)4)26(22)28-15-16-29(17-28)27-24(20(5)6)13-10-14-25(27)21(7)8;1-4-10-16(11-5-1)19(17-12-6-2-7-13-17)18-14-8-3-9-15-18;1-4-5(2)3;;;/h9-14,17-21H,15-16H2,1-8H3;16-18H,1-15H2;1,4H,2-3H3;2*1H;/q-1;;;;;+2/p-1. The fourth-order valence-electron chi connectivity index (χ4n) is 10.00. The summed E-state index contributed by atoms with van der Waals surface area (Å²) in [5.74, 6) is 2.06. The molecule has 0 bridgehead atoms. The van der Waals surface area contributed by atoms with Crippen LogP contribution in [0.15, 0.2) is 48.0 Å². The smallest absolute Gasteiger partial charge is 0.0156 e. The monoisotopic (exact) mass is 912 g/mol. The molecule has 1 heterocycles. The molecule has 318 valence electrons. The van der Waals surface area contributed by atoms with Gasteiger partial charge in [0.25, 0.3) is 0 Å². The van der Waals surface area contributed by atoms with E-state index in [2.05, 4.69) is 108 Å². The van der Waals surface area contributed by atoms with Gasteiger partial charge in [-0.25, -0.2) is 0 Å². The normalized spacial score (nSPS) is 19.0. The number of halogens is 2. The number of nitrogens with zero attached hydrogens (tertiary/aromatic N) is 2. The van der Waals surface area contributed by atoms with Crippen LogP contribution in [0.4, 0.5) is 11.4 Å². The summed E-state index contributed by atoms with van der Waals surface area (Å²) in [4.78, 5) is 5.01. The van der Waals surface area contributed by atoms with Crippen LogP contribution < -0.4 is 9.80 Å². The molecule has 4 fully saturated rings. The molecule has 4 aliphatic rings. The minimum absolute atomic E-state index is 0.0465. The van der Waals surface area contributed by atoms with Crippen LogP contribution in [-0.4, -0.2) is 34.7 Å². The van der Waals surface area contributed by atoms with Crippen molar-refractivity contribution in [1.29, 1.82) is 0 Å². The summed E-state index contributed by atoms with van der Waals surface area (Å²) in [6.45, 7) is 26.9. The van der Waals surface area contributed by atoms with Crippen molar-refractivity contribution in [2.24, 2.45) is 0 Å². The predicted octanol–water partition coefficient (Wildman–Crippen LogP) is 16.5. The van der Waals surface area contributed by atoms with E-state index >= 15 is 0 Å². The van der Waals surface area contributed by atoms with Gasteiger partial charge < -0.3 is 9.80 Å². The third-order valence-corrected chi connectivity index (χ3v) is 19.2. The molecular formula is C50H81Cl2N2PRu. The Balaban J connectivity index is 0.000000220. The summed E-state index contributed by atoms with van der Waals surface area (Å²) in [5.41, 5.74) is 13.6. The number of allylic oxidation sites excluding steroid dienone is 2. The van der Waals surface area contributed by atoms with Crippen LogP contribution in [0.25, 0.3) is 0 Å². The summed E-state index contributed by atoms with van der Waals surface area (Å²) in [6, 6.07) is 13.7. The largest absolute Gasteiger partial charge is 0.502 e. The van der Waals surface area contributed by atoms with Gasteiger partial charge in [0.15, 0.2) is 0 Å². The van der Waals surface area contributed by atoms with Crippen molar-refractivity contribution < 1.29 is 13.5 Å². The van der Waals surface area contributed by atoms with Crippen molar-refractivity contribution in [2.75, 3.05) is 22.9 Å². The molecule has 3 saturated carbocycles. The Morgan fingerprint density at radius 3 is 1.11 bits per heavy atom. The Bertz CT molecular complexity index is 1330. The van der Waals surface area contributed by atoms with E-state index < -0.39 is 13.5 Å². The molecule has 0 aromatic heterocycles. The average molecular weight is 913 g/mol. The van der Waals surface area contributed by atoms with Gasteiger partial charge in [0.2, 0.25) is 0 Å². The number of para-hydroxylation sites is 2. The van der Waals surface area contributed by atoms with Crippen molar-refractivity contribution in [1.82, 2.24) is 0 Å². The summed E-state index contributed by atoms with van der Waals surface area (Å²) in [7, 11) is 11.0. The number of hydrogen-bond acceptors (Lipinski definition) is 2. The van der Waals surface area contributed by atoms with Gasteiger partial charge in [-0.3, -0.25) is 0 Å². The minimum Gasteiger partial charge on any atom is -0.502 e. The number of hydrogen-bond donors (Lipinski definition) is 0. The first-order valence-corrected chi connectivity index (χ1v) is 30.0. The predicted molar refractivity (Wildman–Crippen MR) is 254 cm³/mol. The Labute approximate surface area is 360 Å². The molecule has 0 amide bonds. The van der Waals surface area contributed by atoms with E-state index in [9.17, 15) is 0 Å². The van der Waals surface area contributed by atoms with Crippen molar-refractivity contribution in [3.05, 3.63) is 77.0 Å². The molecule has 2 aromatic rings. The van der Waals surface area contributed by atoms with Crippen LogP contribution in [-0.2, 0) is 13.5 Å². The van der Waals surface area contributed by atoms with Gasteiger partial charge in [-0.1, -0.05) is 111 Å². The van der Waals surface area contributed by atoms with E-state index in [0.717, 1.165) is 13.1 Å². The molecule has 56 heavy (non-hydrogen) atoms. The number of anilines is 2. The number of rotatable bonds is 10. The molecule has 2 aromatic carbocycles. The van der Waals surface area contributed by atoms with Gasteiger partial charge in [-0.05, 0) is 123 Å². The topological polar surface area (TPSA) is 6.48 Å². The summed E-state index contributed by atoms with van der Waals surface area (Å²) in [6.07, 6.45) is 25.7. The molecule has 6 heteroatoms. The van der Waals surface area contributed by atoms with Crippen molar-refractivity contribution >= 4 is 43.3 Å². The van der Waals surface area contributed by atoms with Crippen LogP contribution in [0, 0.1) is 6.67 Å². The van der Waals surface area contributed by atoms with E-state index in [4.69, 9.17) is 19.4 Å². The van der Waals surface area contributed by atoms with Gasteiger partial charge in [-0.2, -0.15) is 6.67 Å².